The molecule has 0 atom stereocenters. The van der Waals surface area contributed by atoms with Crippen LogP contribution in [0.15, 0.2) is 46.2 Å². The molecule has 2 rings (SSSR count). The molecule has 0 saturated heterocycles. The van der Waals surface area contributed by atoms with Gasteiger partial charge in [-0.3, -0.25) is 0 Å². The number of rotatable bonds is 8. The number of halogens is 1. The van der Waals surface area contributed by atoms with Crippen LogP contribution in [0.25, 0.3) is 0 Å². The second-order valence-electron chi connectivity index (χ2n) is 6.29. The van der Waals surface area contributed by atoms with Crippen molar-refractivity contribution in [1.82, 2.24) is 0 Å². The second-order valence-corrected chi connectivity index (χ2v) is 7.41. The van der Waals surface area contributed by atoms with E-state index in [9.17, 15) is 4.39 Å². The lowest BCUT2D eigenvalue weighted by Crippen LogP contribution is -2.08. The Morgan fingerprint density at radius 1 is 0.923 bits per heavy atom. The van der Waals surface area contributed by atoms with Gasteiger partial charge in [0.15, 0.2) is 0 Å². The number of hydrogen-bond donors (Lipinski definition) is 0. The van der Waals surface area contributed by atoms with E-state index >= 15 is 0 Å². The summed E-state index contributed by atoms with van der Waals surface area (Å²) in [6, 6.07) is 11.1. The minimum Gasteiger partial charge on any atom is -0.490 e. The zero-order valence-corrected chi connectivity index (χ0v) is 17.9. The van der Waals surface area contributed by atoms with Crippen molar-refractivity contribution < 1.29 is 9.13 Å². The molecule has 0 aliphatic rings. The summed E-state index contributed by atoms with van der Waals surface area (Å²) in [6.07, 6.45) is 4.54. The minimum atomic E-state index is -0.206. The number of aryl methyl sites for hydroxylation is 2. The lowest BCUT2D eigenvalue weighted by molar-refractivity contribution is 0.236. The molecule has 0 aromatic heterocycles. The van der Waals surface area contributed by atoms with Gasteiger partial charge in [0.2, 0.25) is 0 Å². The highest BCUT2D eigenvalue weighted by Crippen LogP contribution is 2.38. The average Bonchev–Trinajstić information content (AvgIpc) is 2.62. The lowest BCUT2D eigenvalue weighted by atomic mass is 9.99. The van der Waals surface area contributed by atoms with Crippen molar-refractivity contribution in [3.05, 3.63) is 53.3 Å². The third-order valence-corrected chi connectivity index (χ3v) is 4.76. The van der Waals surface area contributed by atoms with E-state index in [1.54, 1.807) is 11.8 Å². The third kappa shape index (κ3) is 7.03. The second kappa shape index (κ2) is 12.0. The van der Waals surface area contributed by atoms with Gasteiger partial charge >= 0.3 is 0 Å². The van der Waals surface area contributed by atoms with Gasteiger partial charge in [-0.05, 0) is 74.2 Å². The van der Waals surface area contributed by atoms with Crippen LogP contribution in [-0.4, -0.2) is 6.10 Å². The molecule has 0 N–H and O–H groups in total. The first-order chi connectivity index (χ1) is 12.5. The van der Waals surface area contributed by atoms with Crippen molar-refractivity contribution >= 4 is 11.8 Å². The molecule has 0 aliphatic carbocycles. The van der Waals surface area contributed by atoms with Crippen LogP contribution in [0.3, 0.4) is 0 Å². The van der Waals surface area contributed by atoms with Crippen molar-refractivity contribution in [1.29, 1.82) is 0 Å². The van der Waals surface area contributed by atoms with Crippen molar-refractivity contribution in [2.75, 3.05) is 0 Å². The molecule has 0 fully saturated rings. The highest BCUT2D eigenvalue weighted by atomic mass is 32.2. The van der Waals surface area contributed by atoms with E-state index in [0.717, 1.165) is 41.2 Å². The predicted octanol–water partition coefficient (Wildman–Crippen LogP) is 7.70. The molecule has 0 saturated carbocycles. The van der Waals surface area contributed by atoms with Gasteiger partial charge in [-0.1, -0.05) is 52.3 Å². The normalized spacial score (nSPS) is 10.5. The Balaban J connectivity index is 0.00000163. The number of benzene rings is 2. The summed E-state index contributed by atoms with van der Waals surface area (Å²) in [7, 11) is 0. The van der Waals surface area contributed by atoms with E-state index in [-0.39, 0.29) is 11.9 Å². The van der Waals surface area contributed by atoms with Gasteiger partial charge in [0.1, 0.15) is 11.6 Å². The Labute approximate surface area is 163 Å². The SMILES string of the molecule is CC.CCCc1cc(OC(C)C)c(Sc2ccc(F)cc2)cc1CCC. The maximum atomic E-state index is 13.1. The molecule has 2 aromatic rings. The van der Waals surface area contributed by atoms with Crippen LogP contribution < -0.4 is 4.74 Å². The van der Waals surface area contributed by atoms with Crippen molar-refractivity contribution in [3.8, 4) is 5.75 Å². The summed E-state index contributed by atoms with van der Waals surface area (Å²) in [4.78, 5) is 2.13. The number of ether oxygens (including phenoxy) is 1. The van der Waals surface area contributed by atoms with Gasteiger partial charge in [-0.2, -0.15) is 0 Å². The van der Waals surface area contributed by atoms with Gasteiger partial charge in [-0.25, -0.2) is 4.39 Å². The molecular weight excluding hydrogens is 343 g/mol. The Kier molecular flexibility index (Phi) is 10.4. The van der Waals surface area contributed by atoms with E-state index in [2.05, 4.69) is 26.0 Å². The lowest BCUT2D eigenvalue weighted by Gasteiger charge is -2.18. The van der Waals surface area contributed by atoms with E-state index in [4.69, 9.17) is 4.74 Å². The van der Waals surface area contributed by atoms with E-state index in [0.29, 0.717) is 0 Å². The largest absolute Gasteiger partial charge is 0.490 e. The molecule has 26 heavy (non-hydrogen) atoms. The summed E-state index contributed by atoms with van der Waals surface area (Å²) in [5, 5.41) is 0. The highest BCUT2D eigenvalue weighted by molar-refractivity contribution is 7.99. The number of hydrogen-bond acceptors (Lipinski definition) is 2. The van der Waals surface area contributed by atoms with Gasteiger partial charge < -0.3 is 4.74 Å². The van der Waals surface area contributed by atoms with Gasteiger partial charge in [0.05, 0.1) is 11.0 Å². The molecule has 0 unspecified atom stereocenters. The summed E-state index contributed by atoms with van der Waals surface area (Å²) in [6.45, 7) is 12.5. The topological polar surface area (TPSA) is 9.23 Å². The standard InChI is InChI=1S/C21H27FOS.C2H6/c1-5-7-16-13-20(23-15(3)4)21(14-17(16)8-6-2)24-19-11-9-18(22)10-12-19;1-2/h9-15H,5-8H2,1-4H3;1-2H3. The fourth-order valence-corrected chi connectivity index (χ4v) is 3.64. The van der Waals surface area contributed by atoms with Gasteiger partial charge in [0.25, 0.3) is 0 Å². The van der Waals surface area contributed by atoms with Gasteiger partial charge in [0, 0.05) is 4.90 Å². The predicted molar refractivity (Wildman–Crippen MR) is 112 cm³/mol. The monoisotopic (exact) mass is 376 g/mol. The Bertz CT molecular complexity index is 650. The molecule has 0 heterocycles. The quantitative estimate of drug-likeness (QED) is 0.467. The molecule has 0 bridgehead atoms. The van der Waals surface area contributed by atoms with Crippen molar-refractivity contribution in [2.24, 2.45) is 0 Å². The van der Waals surface area contributed by atoms with Crippen LogP contribution in [0.5, 0.6) is 5.75 Å². The zero-order chi connectivity index (χ0) is 19.5. The molecule has 2 aromatic carbocycles. The summed E-state index contributed by atoms with van der Waals surface area (Å²) in [5.74, 6) is 0.727. The van der Waals surface area contributed by atoms with Crippen molar-refractivity contribution in [3.63, 3.8) is 0 Å². The van der Waals surface area contributed by atoms with E-state index in [1.165, 1.54) is 23.3 Å². The first-order valence-corrected chi connectivity index (χ1v) is 10.6. The molecule has 0 spiro atoms. The third-order valence-electron chi connectivity index (χ3n) is 3.71. The molecule has 1 nitrogen and oxygen atoms in total. The fourth-order valence-electron chi connectivity index (χ4n) is 2.70. The molecule has 144 valence electrons. The first-order valence-electron chi connectivity index (χ1n) is 9.79. The Hall–Kier alpha value is -1.48. The van der Waals surface area contributed by atoms with Crippen LogP contribution >= 0.6 is 11.8 Å². The first kappa shape index (κ1) is 22.6. The molecule has 0 amide bonds. The highest BCUT2D eigenvalue weighted by Gasteiger charge is 2.13. The summed E-state index contributed by atoms with van der Waals surface area (Å²) < 4.78 is 19.2. The van der Waals surface area contributed by atoms with Crippen LogP contribution in [0.1, 0.15) is 65.5 Å². The van der Waals surface area contributed by atoms with E-state index in [1.807, 2.05) is 39.8 Å². The molecule has 0 aliphatic heterocycles. The Morgan fingerprint density at radius 3 is 1.96 bits per heavy atom. The summed E-state index contributed by atoms with van der Waals surface area (Å²) in [5.41, 5.74) is 2.79. The maximum absolute atomic E-state index is 13.1. The fraction of sp³-hybridized carbons (Fsp3) is 0.478. The van der Waals surface area contributed by atoms with Crippen LogP contribution in [0.4, 0.5) is 4.39 Å². The Morgan fingerprint density at radius 2 is 1.46 bits per heavy atom. The molecular formula is C23H33FOS. The minimum absolute atomic E-state index is 0.129. The maximum Gasteiger partial charge on any atom is 0.133 e. The zero-order valence-electron chi connectivity index (χ0n) is 17.1. The van der Waals surface area contributed by atoms with Gasteiger partial charge in [-0.15, -0.1) is 0 Å². The molecule has 0 radical (unpaired) electrons. The van der Waals surface area contributed by atoms with E-state index < -0.39 is 0 Å². The smallest absolute Gasteiger partial charge is 0.133 e. The van der Waals surface area contributed by atoms with Crippen LogP contribution in [0.2, 0.25) is 0 Å². The van der Waals surface area contributed by atoms with Crippen LogP contribution in [-0.2, 0) is 12.8 Å². The summed E-state index contributed by atoms with van der Waals surface area (Å²) >= 11 is 1.64. The molecule has 3 heteroatoms. The van der Waals surface area contributed by atoms with Crippen molar-refractivity contribution in [2.45, 2.75) is 83.1 Å². The van der Waals surface area contributed by atoms with Crippen LogP contribution in [0, 0.1) is 5.82 Å². The average molecular weight is 377 g/mol.